The molecule has 6 heteroatoms. The number of fused-ring (bicyclic) bond motifs is 2. The first-order valence-corrected chi connectivity index (χ1v) is 11.8. The van der Waals surface area contributed by atoms with Crippen LogP contribution >= 0.6 is 27.5 Å². The largest absolute Gasteiger partial charge is 0.321 e. The van der Waals surface area contributed by atoms with Gasteiger partial charge in [-0.25, -0.2) is 4.98 Å². The minimum absolute atomic E-state index is 0.0774. The van der Waals surface area contributed by atoms with Crippen LogP contribution in [0.5, 0.6) is 0 Å². The van der Waals surface area contributed by atoms with Crippen LogP contribution in [0, 0.1) is 6.92 Å². The number of H-pyrrole nitrogens is 1. The molecule has 0 bridgehead atoms. The number of carbonyl (C=O) groups is 1. The van der Waals surface area contributed by atoms with Crippen LogP contribution in [0.2, 0.25) is 5.15 Å². The molecule has 5 aromatic rings. The molecule has 0 atom stereocenters. The fourth-order valence-electron chi connectivity index (χ4n) is 4.04. The molecule has 0 amide bonds. The van der Waals surface area contributed by atoms with Crippen molar-refractivity contribution in [2.75, 3.05) is 0 Å². The Labute approximate surface area is 209 Å². The molecule has 5 rings (SSSR count). The Morgan fingerprint density at radius 3 is 2.62 bits per heavy atom. The Hall–Kier alpha value is -3.54. The van der Waals surface area contributed by atoms with Gasteiger partial charge in [-0.15, -0.1) is 0 Å². The lowest BCUT2D eigenvalue weighted by atomic mass is 9.94. The molecule has 0 aliphatic carbocycles. The Balaban J connectivity index is 1.65. The summed E-state index contributed by atoms with van der Waals surface area (Å²) in [5.74, 6) is -0.415. The lowest BCUT2D eigenvalue weighted by Crippen LogP contribution is -2.18. The summed E-state index contributed by atoms with van der Waals surface area (Å²) in [4.78, 5) is 33.8. The number of aromatic nitrogens is 2. The van der Waals surface area contributed by atoms with Crippen molar-refractivity contribution in [3.8, 4) is 11.1 Å². The summed E-state index contributed by atoms with van der Waals surface area (Å²) in [6.45, 7) is 1.99. The third-order valence-electron chi connectivity index (χ3n) is 5.65. The predicted molar refractivity (Wildman–Crippen MR) is 143 cm³/mol. The maximum absolute atomic E-state index is 13.4. The highest BCUT2D eigenvalue weighted by atomic mass is 79.9. The molecule has 0 saturated heterocycles. The minimum Gasteiger partial charge on any atom is -0.321 e. The summed E-state index contributed by atoms with van der Waals surface area (Å²) >= 11 is 9.89. The van der Waals surface area contributed by atoms with Gasteiger partial charge in [-0.1, -0.05) is 70.0 Å². The van der Waals surface area contributed by atoms with Gasteiger partial charge in [0.25, 0.3) is 5.56 Å². The van der Waals surface area contributed by atoms with Crippen molar-refractivity contribution in [1.82, 2.24) is 9.97 Å². The van der Waals surface area contributed by atoms with Crippen LogP contribution in [0.25, 0.3) is 39.0 Å². The zero-order valence-corrected chi connectivity index (χ0v) is 20.4. The van der Waals surface area contributed by atoms with E-state index in [1.807, 2.05) is 79.7 Å². The van der Waals surface area contributed by atoms with Crippen molar-refractivity contribution in [2.24, 2.45) is 0 Å². The number of allylic oxidation sites excluding steroid dienone is 1. The number of nitrogens with one attached hydrogen (secondary N) is 1. The number of aromatic amines is 1. The van der Waals surface area contributed by atoms with Crippen molar-refractivity contribution in [3.05, 3.63) is 116 Å². The van der Waals surface area contributed by atoms with Crippen LogP contribution in [-0.2, 0) is 0 Å². The van der Waals surface area contributed by atoms with Crippen molar-refractivity contribution < 1.29 is 4.79 Å². The molecule has 2 heterocycles. The van der Waals surface area contributed by atoms with E-state index in [9.17, 15) is 9.59 Å². The van der Waals surface area contributed by atoms with Crippen LogP contribution in [0.1, 0.15) is 21.5 Å². The third kappa shape index (κ3) is 4.20. The van der Waals surface area contributed by atoms with Crippen LogP contribution in [0.3, 0.4) is 0 Å². The Kier molecular flexibility index (Phi) is 5.90. The van der Waals surface area contributed by atoms with Crippen molar-refractivity contribution in [3.63, 3.8) is 0 Å². The Bertz CT molecular complexity index is 1670. The molecule has 3 aromatic carbocycles. The van der Waals surface area contributed by atoms with E-state index in [-0.39, 0.29) is 5.56 Å². The number of ketones is 1. The average molecular weight is 530 g/mol. The number of pyridine rings is 2. The standard InChI is InChI=1S/C28H18BrClN2O2/c1-16-7-8-18-14-19(27(30)31-23(18)13-16)9-12-24(33)26-25(17-5-3-2-4-6-17)21-15-20(29)10-11-22(21)32-28(26)34/h2-15H,1H3,(H,32,34). The minimum atomic E-state index is -0.443. The molecule has 34 heavy (non-hydrogen) atoms. The lowest BCUT2D eigenvalue weighted by Gasteiger charge is -2.12. The van der Waals surface area contributed by atoms with E-state index in [2.05, 4.69) is 25.9 Å². The lowest BCUT2D eigenvalue weighted by molar-refractivity contribution is 0.104. The number of hydrogen-bond donors (Lipinski definition) is 1. The molecule has 0 aliphatic heterocycles. The number of nitrogens with zero attached hydrogens (tertiary/aromatic N) is 1. The monoisotopic (exact) mass is 528 g/mol. The van der Waals surface area contributed by atoms with Crippen LogP contribution in [-0.4, -0.2) is 15.8 Å². The van der Waals surface area contributed by atoms with Gasteiger partial charge in [-0.05, 0) is 60.5 Å². The first-order chi connectivity index (χ1) is 16.4. The fraction of sp³-hybridized carbons (Fsp3) is 0.0357. The van der Waals surface area contributed by atoms with Crippen LogP contribution < -0.4 is 5.56 Å². The molecular weight excluding hydrogens is 512 g/mol. The highest BCUT2D eigenvalue weighted by Gasteiger charge is 2.19. The summed E-state index contributed by atoms with van der Waals surface area (Å²) in [6.07, 6.45) is 2.99. The summed E-state index contributed by atoms with van der Waals surface area (Å²) in [5, 5.41) is 1.99. The number of carbonyl (C=O) groups excluding carboxylic acids is 1. The average Bonchev–Trinajstić information content (AvgIpc) is 2.82. The van der Waals surface area contributed by atoms with Gasteiger partial charge in [0.1, 0.15) is 5.15 Å². The normalized spacial score (nSPS) is 11.5. The molecule has 0 radical (unpaired) electrons. The second-order valence-electron chi connectivity index (χ2n) is 8.02. The van der Waals surface area contributed by atoms with Gasteiger partial charge in [0, 0.05) is 31.9 Å². The molecular formula is C28H18BrClN2O2. The number of aryl methyl sites for hydroxylation is 1. The molecule has 0 unspecified atom stereocenters. The second-order valence-corrected chi connectivity index (χ2v) is 9.30. The number of rotatable bonds is 4. The molecule has 4 nitrogen and oxygen atoms in total. The zero-order valence-electron chi connectivity index (χ0n) is 18.1. The molecule has 0 saturated carbocycles. The number of hydrogen-bond acceptors (Lipinski definition) is 3. The van der Waals surface area contributed by atoms with Gasteiger partial charge < -0.3 is 4.98 Å². The highest BCUT2D eigenvalue weighted by molar-refractivity contribution is 9.10. The maximum atomic E-state index is 13.4. The van der Waals surface area contributed by atoms with E-state index in [1.165, 1.54) is 6.08 Å². The summed E-state index contributed by atoms with van der Waals surface area (Å²) in [5.41, 5.74) is 4.15. The van der Waals surface area contributed by atoms with Gasteiger partial charge in [-0.2, -0.15) is 0 Å². The summed E-state index contributed by atoms with van der Waals surface area (Å²) in [7, 11) is 0. The van der Waals surface area contributed by atoms with Crippen LogP contribution in [0.4, 0.5) is 0 Å². The van der Waals surface area contributed by atoms with Crippen LogP contribution in [0.15, 0.2) is 88.1 Å². The quantitative estimate of drug-likeness (QED) is 0.150. The van der Waals surface area contributed by atoms with Crippen molar-refractivity contribution >= 4 is 61.2 Å². The molecule has 1 N–H and O–H groups in total. The van der Waals surface area contributed by atoms with E-state index in [0.717, 1.165) is 31.9 Å². The van der Waals surface area contributed by atoms with Gasteiger partial charge in [-0.3, -0.25) is 9.59 Å². The summed E-state index contributed by atoms with van der Waals surface area (Å²) < 4.78 is 0.849. The second kappa shape index (κ2) is 9.01. The van der Waals surface area contributed by atoms with E-state index < -0.39 is 11.3 Å². The first kappa shape index (κ1) is 22.3. The van der Waals surface area contributed by atoms with Gasteiger partial charge >= 0.3 is 0 Å². The van der Waals surface area contributed by atoms with Gasteiger partial charge in [0.2, 0.25) is 0 Å². The predicted octanol–water partition coefficient (Wildman–Crippen LogP) is 7.36. The smallest absolute Gasteiger partial charge is 0.260 e. The van der Waals surface area contributed by atoms with E-state index in [1.54, 1.807) is 6.08 Å². The van der Waals surface area contributed by atoms with Crippen molar-refractivity contribution in [1.29, 1.82) is 0 Å². The van der Waals surface area contributed by atoms with Crippen molar-refractivity contribution in [2.45, 2.75) is 6.92 Å². The van der Waals surface area contributed by atoms with E-state index in [4.69, 9.17) is 11.6 Å². The zero-order chi connectivity index (χ0) is 23.8. The Morgan fingerprint density at radius 1 is 1.03 bits per heavy atom. The summed E-state index contributed by atoms with van der Waals surface area (Å²) in [6, 6.07) is 22.8. The van der Waals surface area contributed by atoms with Gasteiger partial charge in [0.15, 0.2) is 5.78 Å². The molecule has 0 aliphatic rings. The molecule has 166 valence electrons. The molecule has 0 fully saturated rings. The van der Waals surface area contributed by atoms with E-state index >= 15 is 0 Å². The molecule has 2 aromatic heterocycles. The van der Waals surface area contributed by atoms with E-state index in [0.29, 0.717) is 21.8 Å². The number of benzene rings is 3. The molecule has 0 spiro atoms. The SMILES string of the molecule is Cc1ccc2cc(C=CC(=O)c3c(-c4ccccc4)c4cc(Br)ccc4[nH]c3=O)c(Cl)nc2c1. The number of halogens is 2. The highest BCUT2D eigenvalue weighted by Crippen LogP contribution is 2.32. The maximum Gasteiger partial charge on any atom is 0.260 e. The Morgan fingerprint density at radius 2 is 1.82 bits per heavy atom. The fourth-order valence-corrected chi connectivity index (χ4v) is 4.61. The first-order valence-electron chi connectivity index (χ1n) is 10.6. The third-order valence-corrected chi connectivity index (χ3v) is 6.45. The van der Waals surface area contributed by atoms with Gasteiger partial charge in [0.05, 0.1) is 11.1 Å². The topological polar surface area (TPSA) is 62.8 Å².